The molecule has 1 aromatic rings. The van der Waals surface area contributed by atoms with E-state index in [0.717, 1.165) is 25.7 Å². The third-order valence-corrected chi connectivity index (χ3v) is 5.71. The van der Waals surface area contributed by atoms with Gasteiger partial charge in [-0.15, -0.1) is 0 Å². The van der Waals surface area contributed by atoms with Crippen LogP contribution < -0.4 is 10.0 Å². The van der Waals surface area contributed by atoms with Crippen molar-refractivity contribution in [2.75, 3.05) is 12.3 Å². The van der Waals surface area contributed by atoms with Crippen LogP contribution in [0, 0.1) is 0 Å². The van der Waals surface area contributed by atoms with Crippen LogP contribution in [0.2, 0.25) is 10.0 Å². The van der Waals surface area contributed by atoms with E-state index in [0.29, 0.717) is 10.6 Å². The first-order valence-electron chi connectivity index (χ1n) is 7.10. The molecule has 5 nitrogen and oxygen atoms in total. The number of rotatable bonds is 6. The molecule has 0 aromatic heterocycles. The fraction of sp³-hybridized carbons (Fsp3) is 0.500. The maximum atomic E-state index is 11.9. The maximum Gasteiger partial charge on any atom is 0.251 e. The molecule has 0 bridgehead atoms. The highest BCUT2D eigenvalue weighted by Crippen LogP contribution is 2.22. The third-order valence-electron chi connectivity index (χ3n) is 3.54. The summed E-state index contributed by atoms with van der Waals surface area (Å²) in [5, 5.41) is 3.21. The zero-order valence-corrected chi connectivity index (χ0v) is 14.3. The number of hydrogen-bond donors (Lipinski definition) is 2. The van der Waals surface area contributed by atoms with Crippen molar-refractivity contribution >= 4 is 39.1 Å². The zero-order chi connectivity index (χ0) is 16.2. The van der Waals surface area contributed by atoms with Crippen molar-refractivity contribution in [1.82, 2.24) is 10.0 Å². The lowest BCUT2D eigenvalue weighted by Crippen LogP contribution is -2.38. The minimum Gasteiger partial charge on any atom is -0.351 e. The standard InChI is InChI=1S/C14H18Cl2N2O3S/c15-12-6-5-10(9-13(12)16)14(19)17-7-8-22(20,21)18-11-3-1-2-4-11/h5-6,9,11,18H,1-4,7-8H2,(H,17,19). The summed E-state index contributed by atoms with van der Waals surface area (Å²) in [6.07, 6.45) is 3.88. The van der Waals surface area contributed by atoms with Crippen LogP contribution in [0.3, 0.4) is 0 Å². The summed E-state index contributed by atoms with van der Waals surface area (Å²) in [6.45, 7) is 0.0428. The van der Waals surface area contributed by atoms with E-state index in [1.54, 1.807) is 0 Å². The molecule has 2 N–H and O–H groups in total. The monoisotopic (exact) mass is 364 g/mol. The lowest BCUT2D eigenvalue weighted by Gasteiger charge is -2.12. The second kappa shape index (κ2) is 7.64. The molecule has 1 aliphatic carbocycles. The van der Waals surface area contributed by atoms with E-state index < -0.39 is 10.0 Å². The molecule has 0 spiro atoms. The zero-order valence-electron chi connectivity index (χ0n) is 11.9. The number of benzene rings is 1. The van der Waals surface area contributed by atoms with E-state index in [2.05, 4.69) is 10.0 Å². The van der Waals surface area contributed by atoms with Gasteiger partial charge in [0.15, 0.2) is 0 Å². The van der Waals surface area contributed by atoms with Gasteiger partial charge in [0, 0.05) is 18.2 Å². The molecule has 2 rings (SSSR count). The smallest absolute Gasteiger partial charge is 0.251 e. The van der Waals surface area contributed by atoms with Crippen LogP contribution in [0.25, 0.3) is 0 Å². The summed E-state index contributed by atoms with van der Waals surface area (Å²) in [5.74, 6) is -0.522. The number of halogens is 2. The molecule has 0 radical (unpaired) electrons. The fourth-order valence-corrected chi connectivity index (χ4v) is 3.93. The highest BCUT2D eigenvalue weighted by atomic mass is 35.5. The van der Waals surface area contributed by atoms with E-state index in [1.807, 2.05) is 0 Å². The lowest BCUT2D eigenvalue weighted by atomic mass is 10.2. The summed E-state index contributed by atoms with van der Waals surface area (Å²) >= 11 is 11.6. The molecule has 1 amide bonds. The van der Waals surface area contributed by atoms with E-state index in [-0.39, 0.29) is 29.3 Å². The Balaban J connectivity index is 1.81. The van der Waals surface area contributed by atoms with E-state index in [1.165, 1.54) is 18.2 Å². The Bertz CT molecular complexity index is 643. The highest BCUT2D eigenvalue weighted by molar-refractivity contribution is 7.89. The molecule has 122 valence electrons. The fourth-order valence-electron chi connectivity index (χ4n) is 2.39. The molecule has 0 aliphatic heterocycles. The minimum atomic E-state index is -3.37. The van der Waals surface area contributed by atoms with E-state index >= 15 is 0 Å². The van der Waals surface area contributed by atoms with Crippen LogP contribution in [0.5, 0.6) is 0 Å². The normalized spacial score (nSPS) is 15.9. The molecule has 1 aliphatic rings. The van der Waals surface area contributed by atoms with Gasteiger partial charge in [-0.1, -0.05) is 36.0 Å². The number of nitrogens with one attached hydrogen (secondary N) is 2. The average molecular weight is 365 g/mol. The Morgan fingerprint density at radius 3 is 2.50 bits per heavy atom. The molecule has 0 heterocycles. The second-order valence-corrected chi connectivity index (χ2v) is 7.99. The molecule has 0 saturated heterocycles. The summed E-state index contributed by atoms with van der Waals surface area (Å²) in [6, 6.07) is 4.55. The topological polar surface area (TPSA) is 75.3 Å². The van der Waals surface area contributed by atoms with Crippen molar-refractivity contribution in [2.45, 2.75) is 31.7 Å². The summed E-state index contributed by atoms with van der Waals surface area (Å²) in [5.41, 5.74) is 0.343. The molecule has 0 atom stereocenters. The first-order valence-corrected chi connectivity index (χ1v) is 9.51. The van der Waals surface area contributed by atoms with Gasteiger partial charge >= 0.3 is 0 Å². The van der Waals surface area contributed by atoms with Gasteiger partial charge in [-0.2, -0.15) is 0 Å². The van der Waals surface area contributed by atoms with Crippen LogP contribution in [0.4, 0.5) is 0 Å². The summed E-state index contributed by atoms with van der Waals surface area (Å²) in [7, 11) is -3.37. The number of amides is 1. The minimum absolute atomic E-state index is 0.0378. The van der Waals surface area contributed by atoms with Crippen molar-refractivity contribution < 1.29 is 13.2 Å². The van der Waals surface area contributed by atoms with Gasteiger partial charge in [0.1, 0.15) is 0 Å². The van der Waals surface area contributed by atoms with Crippen LogP contribution >= 0.6 is 23.2 Å². The van der Waals surface area contributed by atoms with Gasteiger partial charge in [0.25, 0.3) is 5.91 Å². The van der Waals surface area contributed by atoms with Crippen molar-refractivity contribution in [1.29, 1.82) is 0 Å². The Morgan fingerprint density at radius 2 is 1.86 bits per heavy atom. The highest BCUT2D eigenvalue weighted by Gasteiger charge is 2.21. The molecular weight excluding hydrogens is 347 g/mol. The van der Waals surface area contributed by atoms with Crippen LogP contribution in [0.15, 0.2) is 18.2 Å². The van der Waals surface area contributed by atoms with Crippen molar-refractivity contribution in [3.05, 3.63) is 33.8 Å². The van der Waals surface area contributed by atoms with Gasteiger partial charge in [0.05, 0.1) is 15.8 Å². The molecule has 8 heteroatoms. The number of hydrogen-bond acceptors (Lipinski definition) is 3. The summed E-state index contributed by atoms with van der Waals surface area (Å²) < 4.78 is 26.5. The van der Waals surface area contributed by atoms with Gasteiger partial charge in [-0.3, -0.25) is 4.79 Å². The van der Waals surface area contributed by atoms with E-state index in [4.69, 9.17) is 23.2 Å². The largest absolute Gasteiger partial charge is 0.351 e. The van der Waals surface area contributed by atoms with Crippen molar-refractivity contribution in [3.8, 4) is 0 Å². The molecular formula is C14H18Cl2N2O3S. The SMILES string of the molecule is O=C(NCCS(=O)(=O)NC1CCCC1)c1ccc(Cl)c(Cl)c1. The summed E-state index contributed by atoms with van der Waals surface area (Å²) in [4.78, 5) is 11.9. The molecule has 22 heavy (non-hydrogen) atoms. The third kappa shape index (κ3) is 5.12. The molecule has 1 aromatic carbocycles. The van der Waals surface area contributed by atoms with Crippen LogP contribution in [0.1, 0.15) is 36.0 Å². The first kappa shape index (κ1) is 17.5. The molecule has 0 unspecified atom stereocenters. The maximum absolute atomic E-state index is 11.9. The Hall–Kier alpha value is -0.820. The predicted molar refractivity (Wildman–Crippen MR) is 88.0 cm³/mol. The van der Waals surface area contributed by atoms with Crippen molar-refractivity contribution in [2.24, 2.45) is 0 Å². The number of carbonyl (C=O) groups excluding carboxylic acids is 1. The molecule has 1 fully saturated rings. The number of carbonyl (C=O) groups is 1. The quantitative estimate of drug-likeness (QED) is 0.814. The predicted octanol–water partition coefficient (Wildman–Crippen LogP) is 2.59. The van der Waals surface area contributed by atoms with Gasteiger partial charge in [-0.05, 0) is 31.0 Å². The Kier molecular flexibility index (Phi) is 6.09. The van der Waals surface area contributed by atoms with Crippen molar-refractivity contribution in [3.63, 3.8) is 0 Å². The molecule has 1 saturated carbocycles. The Labute approximate surface area is 140 Å². The van der Waals surface area contributed by atoms with Crippen LogP contribution in [-0.4, -0.2) is 32.7 Å². The average Bonchev–Trinajstić information content (AvgIpc) is 2.93. The Morgan fingerprint density at radius 1 is 1.18 bits per heavy atom. The van der Waals surface area contributed by atoms with Gasteiger partial charge in [-0.25, -0.2) is 13.1 Å². The first-order chi connectivity index (χ1) is 10.4. The second-order valence-electron chi connectivity index (χ2n) is 5.30. The van der Waals surface area contributed by atoms with Crippen LogP contribution in [-0.2, 0) is 10.0 Å². The lowest BCUT2D eigenvalue weighted by molar-refractivity contribution is 0.0956. The van der Waals surface area contributed by atoms with E-state index in [9.17, 15) is 13.2 Å². The van der Waals surface area contributed by atoms with Gasteiger partial charge in [0.2, 0.25) is 10.0 Å². The number of sulfonamides is 1. The van der Waals surface area contributed by atoms with Gasteiger partial charge < -0.3 is 5.32 Å².